The Morgan fingerprint density at radius 2 is 2.00 bits per heavy atom. The number of methoxy groups -OCH3 is 1. The number of carboxylic acids is 1. The molecule has 0 saturated heterocycles. The highest BCUT2D eigenvalue weighted by Gasteiger charge is 2.34. The van der Waals surface area contributed by atoms with Gasteiger partial charge in [0.2, 0.25) is 0 Å². The predicted molar refractivity (Wildman–Crippen MR) is 72.9 cm³/mol. The standard InChI is InChI=1S/C13H28N2O3/c1-6-11(7-2)15(8-9-18-5)10-13(3,14-4)12(16)17/h11,14H,6-10H2,1-5H3,(H,16,17). The van der Waals surface area contributed by atoms with Crippen LogP contribution in [0.2, 0.25) is 0 Å². The molecule has 5 nitrogen and oxygen atoms in total. The third kappa shape index (κ3) is 4.92. The van der Waals surface area contributed by atoms with Crippen LogP contribution in [0, 0.1) is 0 Å². The fourth-order valence-electron chi connectivity index (χ4n) is 2.06. The van der Waals surface area contributed by atoms with E-state index in [1.807, 2.05) is 0 Å². The molecular formula is C13H28N2O3. The maximum Gasteiger partial charge on any atom is 0.324 e. The van der Waals surface area contributed by atoms with Gasteiger partial charge in [-0.1, -0.05) is 13.8 Å². The maximum atomic E-state index is 11.3. The fraction of sp³-hybridized carbons (Fsp3) is 0.923. The van der Waals surface area contributed by atoms with Gasteiger partial charge in [0.05, 0.1) is 6.61 Å². The summed E-state index contributed by atoms with van der Waals surface area (Å²) in [5.74, 6) is -0.821. The van der Waals surface area contributed by atoms with Crippen LogP contribution in [0.15, 0.2) is 0 Å². The van der Waals surface area contributed by atoms with E-state index in [0.717, 1.165) is 19.4 Å². The third-order valence-electron chi connectivity index (χ3n) is 3.58. The van der Waals surface area contributed by atoms with Gasteiger partial charge in [-0.15, -0.1) is 0 Å². The lowest BCUT2D eigenvalue weighted by Gasteiger charge is -2.36. The Morgan fingerprint density at radius 1 is 1.44 bits per heavy atom. The van der Waals surface area contributed by atoms with Crippen molar-refractivity contribution < 1.29 is 14.6 Å². The van der Waals surface area contributed by atoms with Gasteiger partial charge in [0.25, 0.3) is 0 Å². The lowest BCUT2D eigenvalue weighted by molar-refractivity contribution is -0.145. The molecular weight excluding hydrogens is 232 g/mol. The second-order valence-electron chi connectivity index (χ2n) is 4.82. The molecule has 1 atom stereocenters. The molecule has 108 valence electrons. The van der Waals surface area contributed by atoms with Crippen molar-refractivity contribution in [1.82, 2.24) is 10.2 Å². The lowest BCUT2D eigenvalue weighted by atomic mass is 10.00. The summed E-state index contributed by atoms with van der Waals surface area (Å²) in [6, 6.07) is 0.396. The summed E-state index contributed by atoms with van der Waals surface area (Å²) in [7, 11) is 3.36. The Kier molecular flexibility index (Phi) is 8.15. The number of hydrogen-bond acceptors (Lipinski definition) is 4. The van der Waals surface area contributed by atoms with Crippen LogP contribution in [0.5, 0.6) is 0 Å². The quantitative estimate of drug-likeness (QED) is 0.618. The van der Waals surface area contributed by atoms with Gasteiger partial charge in [-0.25, -0.2) is 0 Å². The molecule has 0 aromatic carbocycles. The van der Waals surface area contributed by atoms with Crippen LogP contribution in [0.1, 0.15) is 33.6 Å². The lowest BCUT2D eigenvalue weighted by Crippen LogP contribution is -2.57. The normalized spacial score (nSPS) is 15.1. The average Bonchev–Trinajstić information content (AvgIpc) is 2.36. The average molecular weight is 260 g/mol. The summed E-state index contributed by atoms with van der Waals surface area (Å²) in [6.45, 7) is 7.84. The fourth-order valence-corrected chi connectivity index (χ4v) is 2.06. The molecule has 0 aliphatic carbocycles. The van der Waals surface area contributed by atoms with Crippen molar-refractivity contribution in [3.63, 3.8) is 0 Å². The second kappa shape index (κ2) is 8.45. The molecule has 0 bridgehead atoms. The van der Waals surface area contributed by atoms with Gasteiger partial charge in [0, 0.05) is 26.2 Å². The summed E-state index contributed by atoms with van der Waals surface area (Å²) in [4.78, 5) is 13.5. The molecule has 0 amide bonds. The van der Waals surface area contributed by atoms with E-state index < -0.39 is 11.5 Å². The van der Waals surface area contributed by atoms with Crippen molar-refractivity contribution in [1.29, 1.82) is 0 Å². The Morgan fingerprint density at radius 3 is 2.33 bits per heavy atom. The molecule has 0 aliphatic rings. The Hall–Kier alpha value is -0.650. The van der Waals surface area contributed by atoms with Crippen molar-refractivity contribution in [3.8, 4) is 0 Å². The largest absolute Gasteiger partial charge is 0.480 e. The van der Waals surface area contributed by atoms with E-state index in [9.17, 15) is 9.90 Å². The van der Waals surface area contributed by atoms with E-state index in [1.165, 1.54) is 0 Å². The van der Waals surface area contributed by atoms with E-state index in [-0.39, 0.29) is 0 Å². The van der Waals surface area contributed by atoms with Crippen molar-refractivity contribution in [2.24, 2.45) is 0 Å². The molecule has 5 heteroatoms. The first kappa shape index (κ1) is 17.4. The number of nitrogens with zero attached hydrogens (tertiary/aromatic N) is 1. The van der Waals surface area contributed by atoms with E-state index in [0.29, 0.717) is 19.2 Å². The van der Waals surface area contributed by atoms with Crippen molar-refractivity contribution in [2.75, 3.05) is 33.9 Å². The smallest absolute Gasteiger partial charge is 0.324 e. The van der Waals surface area contributed by atoms with Crippen molar-refractivity contribution in [2.45, 2.75) is 45.2 Å². The number of aliphatic carboxylic acids is 1. The number of hydrogen-bond donors (Lipinski definition) is 2. The van der Waals surface area contributed by atoms with Gasteiger partial charge >= 0.3 is 5.97 Å². The first-order chi connectivity index (χ1) is 8.45. The monoisotopic (exact) mass is 260 g/mol. The van der Waals surface area contributed by atoms with Crippen LogP contribution in [-0.2, 0) is 9.53 Å². The molecule has 2 N–H and O–H groups in total. The number of rotatable bonds is 10. The highest BCUT2D eigenvalue weighted by Crippen LogP contribution is 2.14. The number of carboxylic acid groups (broad SMARTS) is 1. The van der Waals surface area contributed by atoms with Crippen LogP contribution in [-0.4, -0.2) is 61.4 Å². The molecule has 1 unspecified atom stereocenters. The van der Waals surface area contributed by atoms with Crippen molar-refractivity contribution >= 4 is 5.97 Å². The number of ether oxygens (including phenoxy) is 1. The van der Waals surface area contributed by atoms with E-state index >= 15 is 0 Å². The zero-order valence-electron chi connectivity index (χ0n) is 12.3. The zero-order valence-corrected chi connectivity index (χ0v) is 12.3. The molecule has 18 heavy (non-hydrogen) atoms. The Labute approximate surface area is 110 Å². The van der Waals surface area contributed by atoms with Crippen molar-refractivity contribution in [3.05, 3.63) is 0 Å². The first-order valence-corrected chi connectivity index (χ1v) is 6.60. The predicted octanol–water partition coefficient (Wildman–Crippen LogP) is 1.19. The van der Waals surface area contributed by atoms with E-state index in [4.69, 9.17) is 4.74 Å². The Bertz CT molecular complexity index is 244. The highest BCUT2D eigenvalue weighted by molar-refractivity contribution is 5.78. The minimum atomic E-state index is -0.920. The number of likely N-dealkylation sites (N-methyl/N-ethyl adjacent to an activating group) is 1. The van der Waals surface area contributed by atoms with Crippen LogP contribution < -0.4 is 5.32 Å². The van der Waals surface area contributed by atoms with Crippen LogP contribution in [0.4, 0.5) is 0 Å². The summed E-state index contributed by atoms with van der Waals surface area (Å²) in [6.07, 6.45) is 2.03. The molecule has 0 aromatic rings. The molecule has 0 heterocycles. The van der Waals surface area contributed by atoms with Gasteiger partial charge < -0.3 is 15.2 Å². The molecule has 0 rings (SSSR count). The van der Waals surface area contributed by atoms with Gasteiger partial charge in [-0.2, -0.15) is 0 Å². The zero-order chi connectivity index (χ0) is 14.2. The topological polar surface area (TPSA) is 61.8 Å². The van der Waals surface area contributed by atoms with Crippen LogP contribution in [0.25, 0.3) is 0 Å². The van der Waals surface area contributed by atoms with E-state index in [1.54, 1.807) is 21.1 Å². The molecule has 0 aliphatic heterocycles. The highest BCUT2D eigenvalue weighted by atomic mass is 16.5. The van der Waals surface area contributed by atoms with Gasteiger partial charge in [0.1, 0.15) is 5.54 Å². The molecule has 0 radical (unpaired) electrons. The minimum Gasteiger partial charge on any atom is -0.480 e. The van der Waals surface area contributed by atoms with Gasteiger partial charge in [-0.05, 0) is 26.8 Å². The molecule has 0 saturated carbocycles. The minimum absolute atomic E-state index is 0.396. The summed E-state index contributed by atoms with van der Waals surface area (Å²) >= 11 is 0. The maximum absolute atomic E-state index is 11.3. The van der Waals surface area contributed by atoms with Crippen LogP contribution >= 0.6 is 0 Å². The third-order valence-corrected chi connectivity index (χ3v) is 3.58. The SMILES string of the molecule is CCC(CC)N(CCOC)CC(C)(NC)C(=O)O. The second-order valence-corrected chi connectivity index (χ2v) is 4.82. The molecule has 0 aromatic heterocycles. The van der Waals surface area contributed by atoms with Crippen LogP contribution in [0.3, 0.4) is 0 Å². The first-order valence-electron chi connectivity index (χ1n) is 6.60. The molecule has 0 spiro atoms. The number of nitrogens with one attached hydrogen (secondary N) is 1. The molecule has 0 fully saturated rings. The summed E-state index contributed by atoms with van der Waals surface area (Å²) in [5.41, 5.74) is -0.920. The van der Waals surface area contributed by atoms with Gasteiger partial charge in [0.15, 0.2) is 0 Å². The number of carbonyl (C=O) groups is 1. The Balaban J connectivity index is 4.79. The summed E-state index contributed by atoms with van der Waals surface area (Å²) < 4.78 is 5.11. The van der Waals surface area contributed by atoms with E-state index in [2.05, 4.69) is 24.1 Å². The van der Waals surface area contributed by atoms with Gasteiger partial charge in [-0.3, -0.25) is 9.69 Å². The summed E-state index contributed by atoms with van der Waals surface area (Å²) in [5, 5.41) is 12.2.